The van der Waals surface area contributed by atoms with Crippen LogP contribution in [0.15, 0.2) is 47.3 Å². The maximum Gasteiger partial charge on any atom is 0.504 e. The number of carbonyl (C=O) groups excluding carboxylic acids is 1. The van der Waals surface area contributed by atoms with E-state index in [9.17, 15) is 9.59 Å². The van der Waals surface area contributed by atoms with Crippen LogP contribution in [0.2, 0.25) is 0 Å². The summed E-state index contributed by atoms with van der Waals surface area (Å²) in [5.74, 6) is -0.387. The highest BCUT2D eigenvalue weighted by Crippen LogP contribution is 2.20. The highest BCUT2D eigenvalue weighted by molar-refractivity contribution is 7.15. The van der Waals surface area contributed by atoms with E-state index in [1.165, 1.54) is 4.68 Å². The fourth-order valence-electron chi connectivity index (χ4n) is 2.31. The molecule has 5 nitrogen and oxygen atoms in total. The van der Waals surface area contributed by atoms with Crippen molar-refractivity contribution in [2.24, 2.45) is 0 Å². The normalized spacial score (nSPS) is 10.7. The summed E-state index contributed by atoms with van der Waals surface area (Å²) in [7, 11) is 0. The van der Waals surface area contributed by atoms with Crippen LogP contribution in [-0.2, 0) is 4.74 Å². The van der Waals surface area contributed by atoms with Crippen LogP contribution in [0.3, 0.4) is 0 Å². The van der Waals surface area contributed by atoms with Crippen molar-refractivity contribution in [2.45, 2.75) is 13.8 Å². The first-order valence-electron chi connectivity index (χ1n) is 7.20. The van der Waals surface area contributed by atoms with Crippen LogP contribution in [0, 0.1) is 6.92 Å². The van der Waals surface area contributed by atoms with E-state index in [0.717, 1.165) is 21.6 Å². The molecule has 0 N–H and O–H groups in total. The SMILES string of the molecule is CCOC(=O)c1cc(C)c2sc(=O)[n+](-c3ccccc3)nc2c1. The quantitative estimate of drug-likeness (QED) is 0.547. The zero-order valence-corrected chi connectivity index (χ0v) is 13.6. The molecule has 0 fully saturated rings. The number of carbonyl (C=O) groups is 1. The van der Waals surface area contributed by atoms with Crippen molar-refractivity contribution >= 4 is 27.5 Å². The number of ether oxygens (including phenoxy) is 1. The third kappa shape index (κ3) is 2.98. The summed E-state index contributed by atoms with van der Waals surface area (Å²) >= 11 is 1.12. The Morgan fingerprint density at radius 2 is 2.00 bits per heavy atom. The van der Waals surface area contributed by atoms with Gasteiger partial charge in [-0.15, -0.1) is 0 Å². The first-order valence-corrected chi connectivity index (χ1v) is 8.02. The molecule has 0 atom stereocenters. The smallest absolute Gasteiger partial charge is 0.462 e. The van der Waals surface area contributed by atoms with E-state index < -0.39 is 0 Å². The van der Waals surface area contributed by atoms with Gasteiger partial charge in [0, 0.05) is 21.9 Å². The number of hydrogen-bond acceptors (Lipinski definition) is 5. The lowest BCUT2D eigenvalue weighted by Crippen LogP contribution is -2.49. The van der Waals surface area contributed by atoms with Gasteiger partial charge in [0.1, 0.15) is 5.52 Å². The molecule has 0 aliphatic carbocycles. The van der Waals surface area contributed by atoms with Crippen molar-refractivity contribution in [3.63, 3.8) is 0 Å². The van der Waals surface area contributed by atoms with E-state index >= 15 is 0 Å². The number of hydrogen-bond donors (Lipinski definition) is 0. The molecular weight excluding hydrogens is 312 g/mol. The Morgan fingerprint density at radius 3 is 2.70 bits per heavy atom. The van der Waals surface area contributed by atoms with Gasteiger partial charge in [-0.3, -0.25) is 0 Å². The molecule has 0 unspecified atom stereocenters. The van der Waals surface area contributed by atoms with Crippen LogP contribution in [0.4, 0.5) is 0 Å². The third-order valence-electron chi connectivity index (χ3n) is 3.34. The number of aryl methyl sites for hydroxylation is 1. The van der Waals surface area contributed by atoms with Crippen molar-refractivity contribution in [2.75, 3.05) is 6.61 Å². The van der Waals surface area contributed by atoms with E-state index in [4.69, 9.17) is 4.74 Å². The molecule has 0 saturated carbocycles. The zero-order valence-electron chi connectivity index (χ0n) is 12.8. The summed E-state index contributed by atoms with van der Waals surface area (Å²) < 4.78 is 7.16. The van der Waals surface area contributed by atoms with E-state index in [0.29, 0.717) is 23.4 Å². The standard InChI is InChI=1S/C17H15N2O3S/c1-3-22-16(20)12-9-11(2)15-14(10-12)18-19(17(21)23-15)13-7-5-4-6-8-13/h4-10H,3H2,1-2H3/q+1. The second-order valence-electron chi connectivity index (χ2n) is 4.98. The lowest BCUT2D eigenvalue weighted by molar-refractivity contribution is -0.667. The summed E-state index contributed by atoms with van der Waals surface area (Å²) in [6.45, 7) is 3.93. The van der Waals surface area contributed by atoms with Gasteiger partial charge in [0.25, 0.3) is 0 Å². The van der Waals surface area contributed by atoms with E-state index in [1.807, 2.05) is 37.3 Å². The van der Waals surface area contributed by atoms with Gasteiger partial charge in [-0.1, -0.05) is 18.2 Å². The molecular formula is C17H15N2O3S+. The van der Waals surface area contributed by atoms with Gasteiger partial charge >= 0.3 is 10.8 Å². The first-order chi connectivity index (χ1) is 11.1. The van der Waals surface area contributed by atoms with Crippen molar-refractivity contribution in [1.82, 2.24) is 5.10 Å². The second kappa shape index (κ2) is 6.26. The van der Waals surface area contributed by atoms with Crippen molar-refractivity contribution in [3.8, 4) is 5.69 Å². The maximum atomic E-state index is 12.3. The fraction of sp³-hybridized carbons (Fsp3) is 0.176. The molecule has 116 valence electrons. The molecule has 0 radical (unpaired) electrons. The Labute approximate surface area is 136 Å². The lowest BCUT2D eigenvalue weighted by atomic mass is 10.1. The Hall–Kier alpha value is -2.60. The Kier molecular flexibility index (Phi) is 4.16. The number of para-hydroxylation sites is 1. The Morgan fingerprint density at radius 1 is 1.26 bits per heavy atom. The van der Waals surface area contributed by atoms with E-state index in [-0.39, 0.29) is 10.8 Å². The van der Waals surface area contributed by atoms with Crippen LogP contribution in [0.1, 0.15) is 22.8 Å². The molecule has 3 rings (SSSR count). The average molecular weight is 327 g/mol. The maximum absolute atomic E-state index is 12.3. The van der Waals surface area contributed by atoms with Crippen LogP contribution in [0.5, 0.6) is 0 Å². The van der Waals surface area contributed by atoms with Gasteiger partial charge < -0.3 is 4.74 Å². The van der Waals surface area contributed by atoms with E-state index in [1.54, 1.807) is 19.1 Å². The molecule has 6 heteroatoms. The van der Waals surface area contributed by atoms with Crippen LogP contribution >= 0.6 is 11.3 Å². The zero-order chi connectivity index (χ0) is 16.4. The molecule has 23 heavy (non-hydrogen) atoms. The number of benzene rings is 2. The van der Waals surface area contributed by atoms with Gasteiger partial charge in [0.2, 0.25) is 5.69 Å². The molecule has 0 spiro atoms. The monoisotopic (exact) mass is 327 g/mol. The van der Waals surface area contributed by atoms with E-state index in [2.05, 4.69) is 5.10 Å². The minimum absolute atomic E-state index is 0.171. The Bertz CT molecular complexity index is 936. The first kappa shape index (κ1) is 15.3. The molecule has 1 aromatic heterocycles. The van der Waals surface area contributed by atoms with Gasteiger partial charge in [-0.25, -0.2) is 9.59 Å². The molecule has 0 aliphatic rings. The molecule has 0 bridgehead atoms. The summed E-state index contributed by atoms with van der Waals surface area (Å²) in [5, 5.41) is 4.42. The van der Waals surface area contributed by atoms with Crippen molar-refractivity contribution in [1.29, 1.82) is 0 Å². The number of aromatic nitrogens is 2. The minimum atomic E-state index is -0.387. The molecule has 2 aromatic carbocycles. The molecule has 0 aliphatic heterocycles. The summed E-state index contributed by atoms with van der Waals surface area (Å²) in [6.07, 6.45) is 0. The lowest BCUT2D eigenvalue weighted by Gasteiger charge is -2.04. The largest absolute Gasteiger partial charge is 0.504 e. The summed E-state index contributed by atoms with van der Waals surface area (Å²) in [6, 6.07) is 12.6. The number of nitrogens with zero attached hydrogens (tertiary/aromatic N) is 2. The van der Waals surface area contributed by atoms with Gasteiger partial charge in [0.15, 0.2) is 0 Å². The highest BCUT2D eigenvalue weighted by atomic mass is 32.1. The topological polar surface area (TPSA) is 60.1 Å². The molecule has 0 amide bonds. The highest BCUT2D eigenvalue weighted by Gasteiger charge is 2.19. The fourth-order valence-corrected chi connectivity index (χ4v) is 3.14. The molecule has 3 aromatic rings. The van der Waals surface area contributed by atoms with Crippen LogP contribution < -0.4 is 9.55 Å². The van der Waals surface area contributed by atoms with Crippen molar-refractivity contribution < 1.29 is 14.2 Å². The van der Waals surface area contributed by atoms with Gasteiger partial charge in [-0.2, -0.15) is 0 Å². The summed E-state index contributed by atoms with van der Waals surface area (Å²) in [4.78, 5) is 24.1. The van der Waals surface area contributed by atoms with Crippen LogP contribution in [-0.4, -0.2) is 17.7 Å². The number of esters is 1. The van der Waals surface area contributed by atoms with Gasteiger partial charge in [0.05, 0.1) is 16.9 Å². The van der Waals surface area contributed by atoms with Crippen molar-refractivity contribution in [3.05, 3.63) is 63.3 Å². The minimum Gasteiger partial charge on any atom is -0.462 e. The Balaban J connectivity index is 2.21. The predicted molar refractivity (Wildman–Crippen MR) is 88.1 cm³/mol. The third-order valence-corrected chi connectivity index (χ3v) is 4.42. The summed E-state index contributed by atoms with van der Waals surface area (Å²) in [5.41, 5.74) is 2.56. The molecule has 1 heterocycles. The molecule has 0 saturated heterocycles. The number of rotatable bonds is 3. The second-order valence-corrected chi connectivity index (χ2v) is 5.94. The number of fused-ring (bicyclic) bond motifs is 1. The average Bonchev–Trinajstić information content (AvgIpc) is 2.56. The van der Waals surface area contributed by atoms with Gasteiger partial charge in [-0.05, 0) is 42.9 Å². The predicted octanol–water partition coefficient (Wildman–Crippen LogP) is 2.42. The van der Waals surface area contributed by atoms with Crippen LogP contribution in [0.25, 0.3) is 15.9 Å².